The van der Waals surface area contributed by atoms with Crippen LogP contribution in [0.3, 0.4) is 0 Å². The zero-order chi connectivity index (χ0) is 14.4. The molecule has 1 unspecified atom stereocenters. The van der Waals surface area contributed by atoms with Crippen LogP contribution < -0.4 is 10.1 Å². The maximum atomic E-state index is 8.79. The molecule has 1 aromatic carbocycles. The number of hydrogen-bond acceptors (Lipinski definition) is 3. The number of benzene rings is 1. The fraction of sp³-hybridized carbons (Fsp3) is 0.588. The molecule has 1 atom stereocenters. The summed E-state index contributed by atoms with van der Waals surface area (Å²) >= 11 is 0. The third-order valence-electron chi connectivity index (χ3n) is 4.04. The smallest absolute Gasteiger partial charge is 0.119 e. The first-order valence-electron chi connectivity index (χ1n) is 7.52. The second-order valence-corrected chi connectivity index (χ2v) is 5.87. The van der Waals surface area contributed by atoms with Crippen LogP contribution in [0.15, 0.2) is 24.3 Å². The van der Waals surface area contributed by atoms with Crippen molar-refractivity contribution in [1.82, 2.24) is 5.32 Å². The van der Waals surface area contributed by atoms with Gasteiger partial charge in [-0.15, -0.1) is 0 Å². The van der Waals surface area contributed by atoms with Gasteiger partial charge in [0.15, 0.2) is 0 Å². The van der Waals surface area contributed by atoms with Crippen molar-refractivity contribution in [3.63, 3.8) is 0 Å². The van der Waals surface area contributed by atoms with Crippen molar-refractivity contribution in [2.45, 2.75) is 45.6 Å². The monoisotopic (exact) mass is 272 g/mol. The van der Waals surface area contributed by atoms with Crippen LogP contribution in [-0.2, 0) is 0 Å². The Morgan fingerprint density at radius 2 is 2.05 bits per heavy atom. The lowest BCUT2D eigenvalue weighted by molar-refractivity contribution is 0.237. The van der Waals surface area contributed by atoms with Gasteiger partial charge in [0.2, 0.25) is 0 Å². The normalized spacial score (nSPS) is 17.2. The summed E-state index contributed by atoms with van der Waals surface area (Å²) in [5.74, 6) is 0.903. The van der Waals surface area contributed by atoms with Crippen LogP contribution >= 0.6 is 0 Å². The van der Waals surface area contributed by atoms with E-state index in [1.165, 1.54) is 5.56 Å². The minimum absolute atomic E-state index is 0.142. The third-order valence-corrected chi connectivity index (χ3v) is 4.04. The highest BCUT2D eigenvalue weighted by atomic mass is 16.5. The number of nitrogens with one attached hydrogen (secondary N) is 1. The topological polar surface area (TPSA) is 45.0 Å². The summed E-state index contributed by atoms with van der Waals surface area (Å²) in [5, 5.41) is 12.3. The third kappa shape index (κ3) is 3.98. The highest BCUT2D eigenvalue weighted by molar-refractivity contribution is 5.29. The minimum Gasteiger partial charge on any atom is -0.493 e. The van der Waals surface area contributed by atoms with Gasteiger partial charge in [0, 0.05) is 17.9 Å². The Morgan fingerprint density at radius 3 is 2.60 bits per heavy atom. The van der Waals surface area contributed by atoms with E-state index in [0.717, 1.165) is 31.6 Å². The lowest BCUT2D eigenvalue weighted by Crippen LogP contribution is -2.19. The number of hydrogen-bond donors (Lipinski definition) is 1. The molecular formula is C17H24N2O. The summed E-state index contributed by atoms with van der Waals surface area (Å²) in [6.45, 7) is 6.06. The predicted molar refractivity (Wildman–Crippen MR) is 80.5 cm³/mol. The Kier molecular flexibility index (Phi) is 5.03. The predicted octanol–water partition coefficient (Wildman–Crippen LogP) is 3.82. The molecule has 0 amide bonds. The van der Waals surface area contributed by atoms with Crippen LogP contribution in [0.1, 0.15) is 51.1 Å². The SMILES string of the molecule is CCCNC(C)c1ccc(OCC2(CC#N)CC2)cc1. The highest BCUT2D eigenvalue weighted by Gasteiger charge is 2.43. The molecule has 1 aliphatic carbocycles. The van der Waals surface area contributed by atoms with E-state index in [1.54, 1.807) is 0 Å². The zero-order valence-corrected chi connectivity index (χ0v) is 12.5. The van der Waals surface area contributed by atoms with Gasteiger partial charge in [-0.2, -0.15) is 5.26 Å². The molecule has 0 saturated heterocycles. The van der Waals surface area contributed by atoms with Gasteiger partial charge in [0.1, 0.15) is 5.75 Å². The second kappa shape index (κ2) is 6.76. The van der Waals surface area contributed by atoms with Crippen molar-refractivity contribution in [2.24, 2.45) is 5.41 Å². The summed E-state index contributed by atoms with van der Waals surface area (Å²) in [6, 6.07) is 10.9. The van der Waals surface area contributed by atoms with Gasteiger partial charge in [-0.1, -0.05) is 19.1 Å². The van der Waals surface area contributed by atoms with Gasteiger partial charge in [0.25, 0.3) is 0 Å². The van der Waals surface area contributed by atoms with Gasteiger partial charge in [-0.05, 0) is 50.4 Å². The van der Waals surface area contributed by atoms with E-state index in [4.69, 9.17) is 10.00 Å². The molecule has 3 nitrogen and oxygen atoms in total. The molecule has 2 rings (SSSR count). The van der Waals surface area contributed by atoms with E-state index in [-0.39, 0.29) is 5.41 Å². The van der Waals surface area contributed by atoms with E-state index in [1.807, 2.05) is 12.1 Å². The van der Waals surface area contributed by atoms with Crippen molar-refractivity contribution in [2.75, 3.05) is 13.2 Å². The van der Waals surface area contributed by atoms with Crippen molar-refractivity contribution in [1.29, 1.82) is 5.26 Å². The molecule has 1 aliphatic rings. The van der Waals surface area contributed by atoms with E-state index < -0.39 is 0 Å². The lowest BCUT2D eigenvalue weighted by Gasteiger charge is -2.16. The van der Waals surface area contributed by atoms with Crippen LogP contribution in [0.25, 0.3) is 0 Å². The Hall–Kier alpha value is -1.53. The number of ether oxygens (including phenoxy) is 1. The highest BCUT2D eigenvalue weighted by Crippen LogP contribution is 2.48. The maximum absolute atomic E-state index is 8.79. The minimum atomic E-state index is 0.142. The van der Waals surface area contributed by atoms with Gasteiger partial charge >= 0.3 is 0 Å². The van der Waals surface area contributed by atoms with Gasteiger partial charge < -0.3 is 10.1 Å². The molecular weight excluding hydrogens is 248 g/mol. The van der Waals surface area contributed by atoms with Gasteiger partial charge in [0.05, 0.1) is 12.7 Å². The first-order valence-corrected chi connectivity index (χ1v) is 7.52. The standard InChI is InChI=1S/C17H24N2O/c1-3-12-19-14(2)15-4-6-16(7-5-15)20-13-17(8-9-17)10-11-18/h4-7,14,19H,3,8-10,12-13H2,1-2H3. The van der Waals surface area contributed by atoms with E-state index >= 15 is 0 Å². The van der Waals surface area contributed by atoms with E-state index in [2.05, 4.69) is 37.4 Å². The van der Waals surface area contributed by atoms with E-state index in [0.29, 0.717) is 19.1 Å². The Balaban J connectivity index is 1.84. The Labute approximate surface area is 121 Å². The molecule has 0 bridgehead atoms. The summed E-state index contributed by atoms with van der Waals surface area (Å²) in [4.78, 5) is 0. The van der Waals surface area contributed by atoms with Crippen LogP contribution in [-0.4, -0.2) is 13.2 Å². The van der Waals surface area contributed by atoms with Crippen molar-refractivity contribution in [3.05, 3.63) is 29.8 Å². The summed E-state index contributed by atoms with van der Waals surface area (Å²) in [7, 11) is 0. The van der Waals surface area contributed by atoms with E-state index in [9.17, 15) is 0 Å². The molecule has 0 spiro atoms. The molecule has 3 heteroatoms. The van der Waals surface area contributed by atoms with Gasteiger partial charge in [-0.25, -0.2) is 0 Å². The molecule has 1 aromatic rings. The fourth-order valence-corrected chi connectivity index (χ4v) is 2.28. The summed E-state index contributed by atoms with van der Waals surface area (Å²) in [6.07, 6.45) is 4.00. The molecule has 0 aliphatic heterocycles. The number of nitrogens with zero attached hydrogens (tertiary/aromatic N) is 1. The molecule has 1 saturated carbocycles. The van der Waals surface area contributed by atoms with Crippen LogP contribution in [0.5, 0.6) is 5.75 Å². The second-order valence-electron chi connectivity index (χ2n) is 5.87. The average molecular weight is 272 g/mol. The Bertz CT molecular complexity index is 457. The zero-order valence-electron chi connectivity index (χ0n) is 12.5. The Morgan fingerprint density at radius 1 is 1.35 bits per heavy atom. The van der Waals surface area contributed by atoms with Crippen molar-refractivity contribution >= 4 is 0 Å². The maximum Gasteiger partial charge on any atom is 0.119 e. The summed E-state index contributed by atoms with van der Waals surface area (Å²) in [5.41, 5.74) is 1.42. The number of nitriles is 1. The molecule has 20 heavy (non-hydrogen) atoms. The fourth-order valence-electron chi connectivity index (χ4n) is 2.28. The first-order chi connectivity index (χ1) is 9.69. The molecule has 0 aromatic heterocycles. The largest absolute Gasteiger partial charge is 0.493 e. The van der Waals surface area contributed by atoms with Crippen molar-refractivity contribution < 1.29 is 4.74 Å². The van der Waals surface area contributed by atoms with Gasteiger partial charge in [-0.3, -0.25) is 0 Å². The average Bonchev–Trinajstić information content (AvgIpc) is 3.24. The molecule has 1 fully saturated rings. The van der Waals surface area contributed by atoms with Crippen LogP contribution in [0, 0.1) is 16.7 Å². The molecule has 0 heterocycles. The lowest BCUT2D eigenvalue weighted by atomic mass is 10.1. The van der Waals surface area contributed by atoms with Crippen LogP contribution in [0.2, 0.25) is 0 Å². The molecule has 0 radical (unpaired) electrons. The summed E-state index contributed by atoms with van der Waals surface area (Å²) < 4.78 is 5.83. The molecule has 1 N–H and O–H groups in total. The quantitative estimate of drug-likeness (QED) is 0.782. The van der Waals surface area contributed by atoms with Crippen LogP contribution in [0.4, 0.5) is 0 Å². The molecule has 108 valence electrons. The number of rotatable bonds is 8. The van der Waals surface area contributed by atoms with Crippen molar-refractivity contribution in [3.8, 4) is 11.8 Å². The first kappa shape index (κ1) is 14.9.